The lowest BCUT2D eigenvalue weighted by molar-refractivity contribution is -0.114. The number of nitrogens with one attached hydrogen (secondary N) is 1. The maximum absolute atomic E-state index is 12.2. The van der Waals surface area contributed by atoms with Crippen LogP contribution < -0.4 is 0 Å². The van der Waals surface area contributed by atoms with Gasteiger partial charge in [-0.25, -0.2) is 13.3 Å². The van der Waals surface area contributed by atoms with Gasteiger partial charge in [0.2, 0.25) is 20.2 Å². The monoisotopic (exact) mass is 380 g/mol. The van der Waals surface area contributed by atoms with Crippen molar-refractivity contribution in [3.05, 3.63) is 35.4 Å². The number of hydrogen-bond donors (Lipinski definition) is 1. The highest BCUT2D eigenvalue weighted by molar-refractivity contribution is 8.16. The first kappa shape index (κ1) is 16.9. The topological polar surface area (TPSA) is 103 Å². The van der Waals surface area contributed by atoms with Crippen molar-refractivity contribution in [1.82, 2.24) is 4.90 Å². The summed E-state index contributed by atoms with van der Waals surface area (Å²) in [6.45, 7) is 0. The number of carbonyl (C=O) groups is 1. The summed E-state index contributed by atoms with van der Waals surface area (Å²) in [6, 6.07) is 7.45. The Morgan fingerprint density at radius 2 is 1.96 bits per heavy atom. The van der Waals surface area contributed by atoms with Crippen LogP contribution in [0.15, 0.2) is 44.1 Å². The van der Waals surface area contributed by atoms with Gasteiger partial charge in [-0.2, -0.15) is 9.39 Å². The van der Waals surface area contributed by atoms with Crippen molar-refractivity contribution in [2.75, 3.05) is 12.5 Å². The number of rotatable bonds is 2. The molecule has 1 N–H and O–H groups in total. The summed E-state index contributed by atoms with van der Waals surface area (Å²) in [6.07, 6.45) is 4.49. The highest BCUT2D eigenvalue weighted by Crippen LogP contribution is 2.29. The minimum absolute atomic E-state index is 0.0227. The Balaban J connectivity index is 2.01. The molecule has 0 saturated carbocycles. The fourth-order valence-electron chi connectivity index (χ4n) is 2.10. The second-order valence-corrected chi connectivity index (χ2v) is 8.47. The van der Waals surface area contributed by atoms with Crippen LogP contribution in [0.3, 0.4) is 0 Å². The fraction of sp³-hybridized carbons (Fsp3) is 0.143. The van der Waals surface area contributed by atoms with Crippen molar-refractivity contribution in [3.8, 4) is 0 Å². The van der Waals surface area contributed by atoms with E-state index >= 15 is 0 Å². The molecule has 0 spiro atoms. The van der Waals surface area contributed by atoms with E-state index in [4.69, 9.17) is 5.41 Å². The van der Waals surface area contributed by atoms with Crippen LogP contribution in [0.1, 0.15) is 5.56 Å². The van der Waals surface area contributed by atoms with Gasteiger partial charge < -0.3 is 0 Å². The number of fused-ring (bicyclic) bond motifs is 1. The number of benzene rings is 1. The van der Waals surface area contributed by atoms with E-state index in [0.29, 0.717) is 0 Å². The van der Waals surface area contributed by atoms with Crippen LogP contribution in [0, 0.1) is 5.41 Å². The van der Waals surface area contributed by atoms with Crippen molar-refractivity contribution >= 4 is 61.7 Å². The fourth-order valence-corrected chi connectivity index (χ4v) is 4.36. The van der Waals surface area contributed by atoms with Gasteiger partial charge in [-0.1, -0.05) is 12.1 Å². The van der Waals surface area contributed by atoms with Gasteiger partial charge in [-0.05, 0) is 30.0 Å². The Hall–Kier alpha value is -1.91. The first-order valence-electron chi connectivity index (χ1n) is 6.64. The molecule has 1 aromatic carbocycles. The number of thioether (sulfide) groups is 1. The number of sulfone groups is 1. The quantitative estimate of drug-likeness (QED) is 0.478. The Morgan fingerprint density at radius 3 is 2.54 bits per heavy atom. The summed E-state index contributed by atoms with van der Waals surface area (Å²) < 4.78 is 27.4. The van der Waals surface area contributed by atoms with Crippen LogP contribution in [0.5, 0.6) is 0 Å². The van der Waals surface area contributed by atoms with Gasteiger partial charge in [0.05, 0.1) is 17.5 Å². The van der Waals surface area contributed by atoms with Crippen LogP contribution >= 0.6 is 23.7 Å². The molecule has 0 atom stereocenters. The van der Waals surface area contributed by atoms with Gasteiger partial charge >= 0.3 is 0 Å². The van der Waals surface area contributed by atoms with Crippen LogP contribution in [0.2, 0.25) is 0 Å². The van der Waals surface area contributed by atoms with E-state index in [-0.39, 0.29) is 21.7 Å². The van der Waals surface area contributed by atoms with E-state index < -0.39 is 15.7 Å². The zero-order chi connectivity index (χ0) is 17.5. The second-order valence-electron chi connectivity index (χ2n) is 4.95. The highest BCUT2D eigenvalue weighted by atomic mass is 32.2. The second kappa shape index (κ2) is 6.19. The first-order chi connectivity index (χ1) is 11.3. The van der Waals surface area contributed by atoms with Gasteiger partial charge in [-0.3, -0.25) is 10.2 Å². The maximum atomic E-state index is 12.2. The predicted molar refractivity (Wildman–Crippen MR) is 98.1 cm³/mol. The van der Waals surface area contributed by atoms with E-state index in [1.807, 2.05) is 30.5 Å². The molecule has 1 aromatic rings. The van der Waals surface area contributed by atoms with Crippen LogP contribution in [-0.2, 0) is 14.6 Å². The van der Waals surface area contributed by atoms with E-state index in [2.05, 4.69) is 9.39 Å². The number of hydrogen-bond acceptors (Lipinski definition) is 7. The summed E-state index contributed by atoms with van der Waals surface area (Å²) in [5.74, 6) is -0.828. The number of nitrogens with zero attached hydrogens (tertiary/aromatic N) is 3. The molecule has 3 rings (SSSR count). The van der Waals surface area contributed by atoms with Crippen LogP contribution in [0.25, 0.3) is 6.08 Å². The molecule has 0 unspecified atom stereocenters. The SMILES string of the molecule is CSc1ccc(/C=C2/C(=N)N3C(=NC2=O)SN=C3S(C)(=O)=O)cc1. The zero-order valence-corrected chi connectivity index (χ0v) is 15.1. The molecule has 124 valence electrons. The molecule has 1 amide bonds. The number of carbonyl (C=O) groups excluding carboxylic acids is 1. The largest absolute Gasteiger partial charge is 0.283 e. The van der Waals surface area contributed by atoms with Crippen molar-refractivity contribution in [2.45, 2.75) is 4.90 Å². The average Bonchev–Trinajstić information content (AvgIpc) is 2.96. The third-order valence-corrected chi connectivity index (χ3v) is 5.75. The van der Waals surface area contributed by atoms with Gasteiger partial charge in [0.25, 0.3) is 5.91 Å². The summed E-state index contributed by atoms with van der Waals surface area (Å²) in [5.41, 5.74) is 0.749. The predicted octanol–water partition coefficient (Wildman–Crippen LogP) is 2.03. The average molecular weight is 380 g/mol. The molecule has 24 heavy (non-hydrogen) atoms. The summed E-state index contributed by atoms with van der Waals surface area (Å²) in [4.78, 5) is 18.2. The molecule has 0 fully saturated rings. The lowest BCUT2D eigenvalue weighted by Crippen LogP contribution is -2.45. The van der Waals surface area contributed by atoms with Crippen molar-refractivity contribution in [3.63, 3.8) is 0 Å². The molecule has 0 bridgehead atoms. The molecule has 10 heteroatoms. The number of amidine groups is 3. The van der Waals surface area contributed by atoms with E-state index in [9.17, 15) is 13.2 Å². The molecule has 0 radical (unpaired) electrons. The lowest BCUT2D eigenvalue weighted by Gasteiger charge is -2.23. The third-order valence-electron chi connectivity index (χ3n) is 3.25. The standard InChI is InChI=1S/C14H12N4O3S3/c1-22-9-5-3-8(4-6-9)7-10-11(15)18-13(16-12(10)19)23-17-14(18)24(2,20)21/h3-7,15H,1-2H3/b10-7-,15-11?. The van der Waals surface area contributed by atoms with Crippen molar-refractivity contribution in [1.29, 1.82) is 5.41 Å². The van der Waals surface area contributed by atoms with Crippen LogP contribution in [0.4, 0.5) is 0 Å². The van der Waals surface area contributed by atoms with Crippen molar-refractivity contribution < 1.29 is 13.2 Å². The maximum Gasteiger partial charge on any atom is 0.283 e. The zero-order valence-electron chi connectivity index (χ0n) is 12.7. The van der Waals surface area contributed by atoms with Crippen LogP contribution in [-0.4, -0.2) is 47.9 Å². The molecule has 7 nitrogen and oxygen atoms in total. The summed E-state index contributed by atoms with van der Waals surface area (Å²) in [5, 5.41) is 8.03. The minimum Gasteiger partial charge on any atom is -0.283 e. The van der Waals surface area contributed by atoms with E-state index in [1.54, 1.807) is 11.8 Å². The molecule has 0 aromatic heterocycles. The molecule has 0 saturated heterocycles. The highest BCUT2D eigenvalue weighted by Gasteiger charge is 2.41. The number of aliphatic imine (C=N–C) groups is 1. The van der Waals surface area contributed by atoms with E-state index in [1.165, 1.54) is 6.08 Å². The normalized spacial score (nSPS) is 19.4. The van der Waals surface area contributed by atoms with E-state index in [0.717, 1.165) is 33.6 Å². The summed E-state index contributed by atoms with van der Waals surface area (Å²) >= 11 is 2.37. The number of amides is 1. The molecule has 0 aliphatic carbocycles. The van der Waals surface area contributed by atoms with Gasteiger partial charge in [-0.15, -0.1) is 11.8 Å². The molecule has 2 aliphatic heterocycles. The van der Waals surface area contributed by atoms with Crippen molar-refractivity contribution in [2.24, 2.45) is 9.39 Å². The van der Waals surface area contributed by atoms with Gasteiger partial charge in [0.1, 0.15) is 5.84 Å². The molecule has 2 heterocycles. The summed E-state index contributed by atoms with van der Waals surface area (Å²) in [7, 11) is -3.64. The molecular formula is C14H12N4O3S3. The Bertz CT molecular complexity index is 931. The Kier molecular flexibility index (Phi) is 4.37. The smallest absolute Gasteiger partial charge is 0.283 e. The van der Waals surface area contributed by atoms with Gasteiger partial charge in [0, 0.05) is 11.2 Å². The van der Waals surface area contributed by atoms with Gasteiger partial charge in [0.15, 0.2) is 0 Å². The third kappa shape index (κ3) is 3.04. The first-order valence-corrected chi connectivity index (χ1v) is 10.5. The molecular weight excluding hydrogens is 368 g/mol. The Labute approximate surface area is 147 Å². The minimum atomic E-state index is -3.64. The molecule has 2 aliphatic rings. The Morgan fingerprint density at radius 1 is 1.29 bits per heavy atom. The lowest BCUT2D eigenvalue weighted by atomic mass is 10.1.